The summed E-state index contributed by atoms with van der Waals surface area (Å²) in [4.78, 5) is 16.2. The zero-order valence-corrected chi connectivity index (χ0v) is 12.4. The predicted octanol–water partition coefficient (Wildman–Crippen LogP) is 1.79. The third-order valence-corrected chi connectivity index (χ3v) is 3.88. The molecule has 1 aliphatic rings. The first-order valence-electron chi connectivity index (χ1n) is 6.16. The summed E-state index contributed by atoms with van der Waals surface area (Å²) in [5.41, 5.74) is 7.32. The van der Waals surface area contributed by atoms with Crippen LogP contribution in [0.5, 0.6) is 11.5 Å². The van der Waals surface area contributed by atoms with Gasteiger partial charge in [-0.1, -0.05) is 18.7 Å². The summed E-state index contributed by atoms with van der Waals surface area (Å²) in [5, 5.41) is 0.624. The second-order valence-corrected chi connectivity index (χ2v) is 5.19. The largest absolute Gasteiger partial charge is 0.497 e. The molecule has 1 amide bonds. The summed E-state index contributed by atoms with van der Waals surface area (Å²) in [6.07, 6.45) is 0.910. The minimum absolute atomic E-state index is 0.180. The molecule has 0 aliphatic carbocycles. The van der Waals surface area contributed by atoms with Crippen molar-refractivity contribution in [2.45, 2.75) is 18.7 Å². The fourth-order valence-corrected chi connectivity index (χ4v) is 2.42. The van der Waals surface area contributed by atoms with E-state index in [-0.39, 0.29) is 11.3 Å². The Labute approximate surface area is 121 Å². The maximum atomic E-state index is 12.2. The highest BCUT2D eigenvalue weighted by Gasteiger charge is 2.22. The number of nitrogens with one attached hydrogen (secondary N) is 1. The topological polar surface area (TPSA) is 74.0 Å². The van der Waals surface area contributed by atoms with Gasteiger partial charge in [-0.05, 0) is 18.6 Å². The molecule has 6 nitrogen and oxygen atoms in total. The number of rotatable bonds is 4. The second-order valence-electron chi connectivity index (χ2n) is 4.02. The minimum Gasteiger partial charge on any atom is -0.497 e. The number of nitrogens with zero attached hydrogens (tertiary/aromatic N) is 2. The molecular weight excluding hydrogens is 278 g/mol. The number of ether oxygens (including phenoxy) is 2. The Bertz CT molecular complexity index is 534. The van der Waals surface area contributed by atoms with E-state index in [9.17, 15) is 4.79 Å². The van der Waals surface area contributed by atoms with Gasteiger partial charge in [-0.25, -0.2) is 0 Å². The summed E-state index contributed by atoms with van der Waals surface area (Å²) >= 11 is 1.44. The van der Waals surface area contributed by atoms with Crippen LogP contribution in [0, 0.1) is 0 Å². The number of carbonyl (C=O) groups is 1. The van der Waals surface area contributed by atoms with Crippen molar-refractivity contribution < 1.29 is 14.3 Å². The zero-order valence-electron chi connectivity index (χ0n) is 11.5. The average Bonchev–Trinajstić information content (AvgIpc) is 2.94. The van der Waals surface area contributed by atoms with Crippen LogP contribution in [0.15, 0.2) is 23.2 Å². The number of hydrogen-bond acceptors (Lipinski definition) is 5. The van der Waals surface area contributed by atoms with Crippen LogP contribution >= 0.6 is 11.8 Å². The summed E-state index contributed by atoms with van der Waals surface area (Å²) in [5.74, 6) is 0.676. The molecule has 0 aromatic heterocycles. The highest BCUT2D eigenvalue weighted by Crippen LogP contribution is 2.26. The number of thioether (sulfide) groups is 1. The number of hydrogen-bond donors (Lipinski definition) is 1. The molecule has 1 heterocycles. The van der Waals surface area contributed by atoms with E-state index < -0.39 is 0 Å². The molecule has 0 saturated carbocycles. The van der Waals surface area contributed by atoms with Crippen LogP contribution in [0.1, 0.15) is 23.7 Å². The molecule has 1 unspecified atom stereocenters. The van der Waals surface area contributed by atoms with Gasteiger partial charge in [-0.2, -0.15) is 15.8 Å². The smallest absolute Gasteiger partial charge is 0.283 e. The Hall–Kier alpha value is -1.73. The number of amides is 1. The van der Waals surface area contributed by atoms with Gasteiger partial charge in [0.2, 0.25) is 5.17 Å². The van der Waals surface area contributed by atoms with Crippen LogP contribution in [0.25, 0.3) is 0 Å². The van der Waals surface area contributed by atoms with Crippen LogP contribution in [0.3, 0.4) is 0 Å². The first-order chi connectivity index (χ1) is 9.67. The van der Waals surface area contributed by atoms with E-state index >= 15 is 0 Å². The molecule has 0 spiro atoms. The second kappa shape index (κ2) is 6.62. The van der Waals surface area contributed by atoms with Crippen molar-refractivity contribution in [3.8, 4) is 11.5 Å². The average molecular weight is 294 g/mol. The molecule has 1 aromatic carbocycles. The monoisotopic (exact) mass is 294 g/mol. The van der Waals surface area contributed by atoms with Crippen LogP contribution < -0.4 is 20.3 Å². The molecule has 1 fully saturated rings. The van der Waals surface area contributed by atoms with Gasteiger partial charge in [-0.15, -0.1) is 0 Å². The van der Waals surface area contributed by atoms with Crippen molar-refractivity contribution in [1.29, 1.82) is 0 Å². The summed E-state index contributed by atoms with van der Waals surface area (Å²) < 4.78 is 10.3. The van der Waals surface area contributed by atoms with E-state index in [0.29, 0.717) is 22.2 Å². The lowest BCUT2D eigenvalue weighted by Gasteiger charge is -2.07. The molecule has 107 valence electrons. The standard InChI is InChI=1S/C13H16N3O3S/c1-4-11-15-16-13(20-11)14-12(17)9-6-5-8(18-2)7-10(9)19-3/h5-7,11,15H,4H2,1-3H3. The highest BCUT2D eigenvalue weighted by molar-refractivity contribution is 8.14. The molecule has 1 N–H and O–H groups in total. The number of aliphatic imine (C=N–C) groups is 1. The Kier molecular flexibility index (Phi) is 4.86. The third kappa shape index (κ3) is 3.23. The summed E-state index contributed by atoms with van der Waals surface area (Å²) in [6, 6.07) is 4.98. The first-order valence-corrected chi connectivity index (χ1v) is 7.03. The molecule has 1 atom stereocenters. The van der Waals surface area contributed by atoms with E-state index in [4.69, 9.17) is 9.47 Å². The van der Waals surface area contributed by atoms with Crippen molar-refractivity contribution in [2.24, 2.45) is 4.99 Å². The molecule has 20 heavy (non-hydrogen) atoms. The normalized spacial score (nSPS) is 19.8. The fourth-order valence-electron chi connectivity index (χ4n) is 1.66. The van der Waals surface area contributed by atoms with E-state index in [1.807, 2.05) is 6.92 Å². The summed E-state index contributed by atoms with van der Waals surface area (Å²) in [7, 11) is 3.06. The van der Waals surface area contributed by atoms with Crippen molar-refractivity contribution in [3.05, 3.63) is 23.8 Å². The molecule has 1 aromatic rings. The van der Waals surface area contributed by atoms with E-state index in [2.05, 4.69) is 15.8 Å². The molecule has 1 saturated heterocycles. The van der Waals surface area contributed by atoms with Crippen LogP contribution in [0.4, 0.5) is 0 Å². The SMILES string of the molecule is CCC1N[N]C(=NC(=O)c2ccc(OC)cc2OC)S1. The van der Waals surface area contributed by atoms with Gasteiger partial charge >= 0.3 is 0 Å². The highest BCUT2D eigenvalue weighted by atomic mass is 32.2. The van der Waals surface area contributed by atoms with Crippen molar-refractivity contribution in [1.82, 2.24) is 10.9 Å². The fraction of sp³-hybridized carbons (Fsp3) is 0.385. The van der Waals surface area contributed by atoms with E-state index in [0.717, 1.165) is 6.42 Å². The van der Waals surface area contributed by atoms with E-state index in [1.54, 1.807) is 25.3 Å². The van der Waals surface area contributed by atoms with Gasteiger partial charge in [0, 0.05) is 6.07 Å². The predicted molar refractivity (Wildman–Crippen MR) is 78.3 cm³/mol. The van der Waals surface area contributed by atoms with Crippen LogP contribution in [-0.2, 0) is 0 Å². The zero-order chi connectivity index (χ0) is 14.5. The molecule has 1 aliphatic heterocycles. The Balaban J connectivity index is 2.19. The molecular formula is C13H16N3O3S. The van der Waals surface area contributed by atoms with Gasteiger partial charge in [0.25, 0.3) is 5.91 Å². The number of benzene rings is 1. The third-order valence-electron chi connectivity index (χ3n) is 2.76. The van der Waals surface area contributed by atoms with E-state index in [1.165, 1.54) is 18.9 Å². The minimum atomic E-state index is -0.380. The maximum Gasteiger partial charge on any atom is 0.283 e. The lowest BCUT2D eigenvalue weighted by molar-refractivity contribution is 0.1000. The maximum absolute atomic E-state index is 12.2. The molecule has 0 bridgehead atoms. The Morgan fingerprint density at radius 3 is 2.85 bits per heavy atom. The van der Waals surface area contributed by atoms with Crippen LogP contribution in [-0.4, -0.2) is 30.7 Å². The van der Waals surface area contributed by atoms with Gasteiger partial charge in [0.15, 0.2) is 0 Å². The lowest BCUT2D eigenvalue weighted by Crippen LogP contribution is -2.24. The first kappa shape index (κ1) is 14.7. The Morgan fingerprint density at radius 1 is 1.45 bits per heavy atom. The van der Waals surface area contributed by atoms with Crippen molar-refractivity contribution >= 4 is 22.8 Å². The quantitative estimate of drug-likeness (QED) is 0.916. The lowest BCUT2D eigenvalue weighted by atomic mass is 10.2. The van der Waals surface area contributed by atoms with Gasteiger partial charge in [0.1, 0.15) is 11.5 Å². The number of carbonyl (C=O) groups excluding carboxylic acids is 1. The van der Waals surface area contributed by atoms with Gasteiger partial charge in [-0.3, -0.25) is 4.79 Å². The number of methoxy groups -OCH3 is 2. The van der Waals surface area contributed by atoms with Crippen molar-refractivity contribution in [3.63, 3.8) is 0 Å². The molecule has 2 rings (SSSR count). The number of amidine groups is 1. The summed E-state index contributed by atoms with van der Waals surface area (Å²) in [6.45, 7) is 2.04. The van der Waals surface area contributed by atoms with Gasteiger partial charge in [0.05, 0.1) is 25.2 Å². The molecule has 7 heteroatoms. The Morgan fingerprint density at radius 2 is 2.25 bits per heavy atom. The van der Waals surface area contributed by atoms with Crippen molar-refractivity contribution in [2.75, 3.05) is 14.2 Å². The molecule has 1 radical (unpaired) electrons. The van der Waals surface area contributed by atoms with Gasteiger partial charge < -0.3 is 9.47 Å². The van der Waals surface area contributed by atoms with Crippen LogP contribution in [0.2, 0.25) is 0 Å².